The summed E-state index contributed by atoms with van der Waals surface area (Å²) in [5.74, 6) is -1.36. The van der Waals surface area contributed by atoms with Gasteiger partial charge >= 0.3 is 11.8 Å². The maximum absolute atomic E-state index is 11.3. The van der Waals surface area contributed by atoms with Gasteiger partial charge in [-0.3, -0.25) is 9.59 Å². The Hall–Kier alpha value is -1.43. The molecule has 0 aromatic carbocycles. The summed E-state index contributed by atoms with van der Waals surface area (Å²) < 4.78 is 4.83. The maximum Gasteiger partial charge on any atom is 0.329 e. The van der Waals surface area contributed by atoms with Crippen molar-refractivity contribution in [2.24, 2.45) is 5.10 Å². The molecular formula is C11H19N3O3. The number of hydrogen-bond donors (Lipinski definition) is 2. The van der Waals surface area contributed by atoms with Gasteiger partial charge in [-0.15, -0.1) is 0 Å². The van der Waals surface area contributed by atoms with E-state index in [1.54, 1.807) is 7.11 Å². The van der Waals surface area contributed by atoms with Crippen molar-refractivity contribution in [3.63, 3.8) is 0 Å². The molecule has 2 amide bonds. The minimum atomic E-state index is -0.707. The molecule has 1 saturated carbocycles. The van der Waals surface area contributed by atoms with E-state index in [-0.39, 0.29) is 0 Å². The highest BCUT2D eigenvalue weighted by molar-refractivity contribution is 6.35. The van der Waals surface area contributed by atoms with Gasteiger partial charge in [0.05, 0.1) is 0 Å². The van der Waals surface area contributed by atoms with Crippen LogP contribution in [0.2, 0.25) is 0 Å². The summed E-state index contributed by atoms with van der Waals surface area (Å²) in [5, 5.41) is 6.41. The molecule has 1 rings (SSSR count). The molecule has 0 radical (unpaired) electrons. The summed E-state index contributed by atoms with van der Waals surface area (Å²) in [4.78, 5) is 22.6. The molecule has 0 atom stereocenters. The third-order valence-corrected chi connectivity index (χ3v) is 2.51. The molecule has 1 aliphatic carbocycles. The maximum atomic E-state index is 11.3. The second-order valence-corrected chi connectivity index (χ2v) is 3.93. The highest BCUT2D eigenvalue weighted by atomic mass is 16.5. The molecule has 0 spiro atoms. The lowest BCUT2D eigenvalue weighted by Crippen LogP contribution is -2.38. The fraction of sp³-hybridized carbons (Fsp3) is 0.727. The average Bonchev–Trinajstić information content (AvgIpc) is 2.84. The zero-order chi connectivity index (χ0) is 12.5. The number of nitrogens with one attached hydrogen (secondary N) is 2. The van der Waals surface area contributed by atoms with E-state index in [9.17, 15) is 9.59 Å². The van der Waals surface area contributed by atoms with Crippen molar-refractivity contribution < 1.29 is 14.3 Å². The summed E-state index contributed by atoms with van der Waals surface area (Å²) in [7, 11) is 1.59. The number of carbonyl (C=O) groups excluding carboxylic acids is 2. The van der Waals surface area contributed by atoms with Crippen LogP contribution in [0.1, 0.15) is 32.1 Å². The minimum Gasteiger partial charge on any atom is -0.385 e. The molecule has 6 nitrogen and oxygen atoms in total. The lowest BCUT2D eigenvalue weighted by molar-refractivity contribution is -0.139. The Labute approximate surface area is 101 Å². The van der Waals surface area contributed by atoms with Gasteiger partial charge in [0.2, 0.25) is 0 Å². The third-order valence-electron chi connectivity index (χ3n) is 2.51. The number of nitrogens with zero attached hydrogens (tertiary/aromatic N) is 1. The van der Waals surface area contributed by atoms with Crippen LogP contribution in [0.25, 0.3) is 0 Å². The van der Waals surface area contributed by atoms with E-state index in [4.69, 9.17) is 4.74 Å². The molecule has 6 heteroatoms. The summed E-state index contributed by atoms with van der Waals surface area (Å²) in [6.45, 7) is 0.987. The van der Waals surface area contributed by atoms with Gasteiger partial charge < -0.3 is 10.1 Å². The van der Waals surface area contributed by atoms with E-state index in [0.717, 1.165) is 31.4 Å². The van der Waals surface area contributed by atoms with Gasteiger partial charge in [-0.2, -0.15) is 5.10 Å². The van der Waals surface area contributed by atoms with Gasteiger partial charge in [0.25, 0.3) is 0 Å². The van der Waals surface area contributed by atoms with Gasteiger partial charge in [0.15, 0.2) is 0 Å². The molecule has 0 saturated heterocycles. The number of hydrogen-bond acceptors (Lipinski definition) is 4. The first kappa shape index (κ1) is 13.6. The minimum absolute atomic E-state index is 0.427. The molecule has 96 valence electrons. The van der Waals surface area contributed by atoms with Crippen LogP contribution < -0.4 is 10.7 Å². The Morgan fingerprint density at radius 3 is 2.65 bits per heavy atom. The van der Waals surface area contributed by atoms with Gasteiger partial charge in [-0.25, -0.2) is 5.43 Å². The van der Waals surface area contributed by atoms with Gasteiger partial charge in [-0.05, 0) is 32.1 Å². The standard InChI is InChI=1S/C11H19N3O3/c1-17-8-4-7-12-10(15)11(16)14-13-9-5-2-3-6-9/h2-8H2,1H3,(H,12,15)(H,14,16). The Bertz CT molecular complexity index is 294. The van der Waals surface area contributed by atoms with Crippen LogP contribution in [0.15, 0.2) is 5.10 Å². The highest BCUT2D eigenvalue weighted by Crippen LogP contribution is 2.13. The summed E-state index contributed by atoms with van der Waals surface area (Å²) in [5.41, 5.74) is 3.23. The van der Waals surface area contributed by atoms with Gasteiger partial charge in [-0.1, -0.05) is 0 Å². The Kier molecular flexibility index (Phi) is 6.24. The molecule has 0 aliphatic heterocycles. The van der Waals surface area contributed by atoms with E-state index in [2.05, 4.69) is 15.8 Å². The van der Waals surface area contributed by atoms with E-state index in [1.165, 1.54) is 0 Å². The molecule has 1 fully saturated rings. The van der Waals surface area contributed by atoms with Crippen molar-refractivity contribution in [2.75, 3.05) is 20.3 Å². The molecule has 0 aromatic heterocycles. The number of amides is 2. The molecule has 1 aliphatic rings. The second kappa shape index (κ2) is 7.78. The van der Waals surface area contributed by atoms with E-state index in [0.29, 0.717) is 19.6 Å². The van der Waals surface area contributed by atoms with Crippen LogP contribution >= 0.6 is 0 Å². The monoisotopic (exact) mass is 241 g/mol. The van der Waals surface area contributed by atoms with E-state index < -0.39 is 11.8 Å². The topological polar surface area (TPSA) is 79.8 Å². The van der Waals surface area contributed by atoms with Crippen LogP contribution in [-0.2, 0) is 14.3 Å². The van der Waals surface area contributed by atoms with E-state index >= 15 is 0 Å². The van der Waals surface area contributed by atoms with Crippen molar-refractivity contribution in [2.45, 2.75) is 32.1 Å². The van der Waals surface area contributed by atoms with Crippen molar-refractivity contribution in [3.8, 4) is 0 Å². The quantitative estimate of drug-likeness (QED) is 0.409. The molecule has 0 heterocycles. The van der Waals surface area contributed by atoms with Crippen LogP contribution in [-0.4, -0.2) is 37.8 Å². The number of hydrazone groups is 1. The van der Waals surface area contributed by atoms with Crippen molar-refractivity contribution in [1.82, 2.24) is 10.7 Å². The molecule has 0 bridgehead atoms. The smallest absolute Gasteiger partial charge is 0.329 e. The first-order valence-electron chi connectivity index (χ1n) is 5.86. The molecule has 0 unspecified atom stereocenters. The SMILES string of the molecule is COCCCNC(=O)C(=O)NN=C1CCCC1. The van der Waals surface area contributed by atoms with Crippen LogP contribution in [0.5, 0.6) is 0 Å². The van der Waals surface area contributed by atoms with Crippen molar-refractivity contribution in [3.05, 3.63) is 0 Å². The second-order valence-electron chi connectivity index (χ2n) is 3.93. The largest absolute Gasteiger partial charge is 0.385 e. The lowest BCUT2D eigenvalue weighted by Gasteiger charge is -2.03. The number of carbonyl (C=O) groups is 2. The number of ether oxygens (including phenoxy) is 1. The molecule has 0 aromatic rings. The van der Waals surface area contributed by atoms with Crippen molar-refractivity contribution in [1.29, 1.82) is 0 Å². The van der Waals surface area contributed by atoms with Crippen LogP contribution in [0, 0.1) is 0 Å². The third kappa shape index (κ3) is 5.44. The van der Waals surface area contributed by atoms with Crippen LogP contribution in [0.4, 0.5) is 0 Å². The van der Waals surface area contributed by atoms with Crippen molar-refractivity contribution >= 4 is 17.5 Å². The highest BCUT2D eigenvalue weighted by Gasteiger charge is 2.13. The number of methoxy groups -OCH3 is 1. The Morgan fingerprint density at radius 1 is 1.29 bits per heavy atom. The average molecular weight is 241 g/mol. The van der Waals surface area contributed by atoms with Gasteiger partial charge in [0, 0.05) is 26.0 Å². The first-order chi connectivity index (χ1) is 8.24. The zero-order valence-electron chi connectivity index (χ0n) is 10.1. The zero-order valence-corrected chi connectivity index (χ0v) is 10.1. The van der Waals surface area contributed by atoms with Crippen LogP contribution in [0.3, 0.4) is 0 Å². The van der Waals surface area contributed by atoms with E-state index in [1.807, 2.05) is 0 Å². The predicted molar refractivity (Wildman–Crippen MR) is 63.5 cm³/mol. The Morgan fingerprint density at radius 2 is 2.00 bits per heavy atom. The summed E-state index contributed by atoms with van der Waals surface area (Å²) in [6, 6.07) is 0. The predicted octanol–water partition coefficient (Wildman–Crippen LogP) is 0.185. The fourth-order valence-corrected chi connectivity index (χ4v) is 1.57. The van der Waals surface area contributed by atoms with Gasteiger partial charge in [0.1, 0.15) is 0 Å². The molecular weight excluding hydrogens is 222 g/mol. The summed E-state index contributed by atoms with van der Waals surface area (Å²) >= 11 is 0. The Balaban J connectivity index is 2.17. The molecule has 2 N–H and O–H groups in total. The first-order valence-corrected chi connectivity index (χ1v) is 5.86. The lowest BCUT2D eigenvalue weighted by atomic mass is 10.3. The normalized spacial score (nSPS) is 14.5. The number of rotatable bonds is 5. The fourth-order valence-electron chi connectivity index (χ4n) is 1.57. The summed E-state index contributed by atoms with van der Waals surface area (Å²) in [6.07, 6.45) is 4.73. The molecule has 17 heavy (non-hydrogen) atoms.